The van der Waals surface area contributed by atoms with E-state index in [4.69, 9.17) is 5.11 Å². The van der Waals surface area contributed by atoms with Crippen LogP contribution in [0.25, 0.3) is 0 Å². The maximum atomic E-state index is 9.15. The molecule has 2 heterocycles. The SMILES string of the molecule is OCC(Cn1ccnn1)n1ccnn1. The van der Waals surface area contributed by atoms with Gasteiger partial charge in [0.1, 0.15) is 0 Å². The molecule has 0 aliphatic heterocycles. The summed E-state index contributed by atoms with van der Waals surface area (Å²) in [6.45, 7) is 0.517. The average Bonchev–Trinajstić information content (AvgIpc) is 2.86. The Morgan fingerprint density at radius 2 is 1.93 bits per heavy atom. The van der Waals surface area contributed by atoms with Crippen LogP contribution in [0.2, 0.25) is 0 Å². The van der Waals surface area contributed by atoms with E-state index in [1.807, 2.05) is 0 Å². The van der Waals surface area contributed by atoms with Crippen molar-refractivity contribution in [2.45, 2.75) is 12.6 Å². The molecule has 1 N–H and O–H groups in total. The highest BCUT2D eigenvalue weighted by Crippen LogP contribution is 2.04. The van der Waals surface area contributed by atoms with Crippen LogP contribution >= 0.6 is 0 Å². The molecule has 0 amide bonds. The van der Waals surface area contributed by atoms with Crippen molar-refractivity contribution >= 4 is 0 Å². The van der Waals surface area contributed by atoms with E-state index in [0.717, 1.165) is 0 Å². The second kappa shape index (κ2) is 3.97. The summed E-state index contributed by atoms with van der Waals surface area (Å²) in [5, 5.41) is 24.1. The second-order valence-corrected chi connectivity index (χ2v) is 2.84. The van der Waals surface area contributed by atoms with Gasteiger partial charge in [-0.05, 0) is 0 Å². The van der Waals surface area contributed by atoms with Gasteiger partial charge in [-0.15, -0.1) is 10.2 Å². The highest BCUT2D eigenvalue weighted by atomic mass is 16.3. The zero-order valence-electron chi connectivity index (χ0n) is 7.43. The van der Waals surface area contributed by atoms with Crippen molar-refractivity contribution in [3.8, 4) is 0 Å². The van der Waals surface area contributed by atoms with E-state index >= 15 is 0 Å². The molecule has 1 unspecified atom stereocenters. The van der Waals surface area contributed by atoms with Gasteiger partial charge in [-0.2, -0.15) is 0 Å². The number of aliphatic hydroxyl groups is 1. The first-order chi connectivity index (χ1) is 6.90. The van der Waals surface area contributed by atoms with Crippen molar-refractivity contribution < 1.29 is 5.11 Å². The Morgan fingerprint density at radius 3 is 2.50 bits per heavy atom. The van der Waals surface area contributed by atoms with Crippen LogP contribution in [0.15, 0.2) is 24.8 Å². The van der Waals surface area contributed by atoms with Crippen molar-refractivity contribution in [1.82, 2.24) is 30.0 Å². The Hall–Kier alpha value is -1.76. The fourth-order valence-electron chi connectivity index (χ4n) is 1.18. The molecule has 2 rings (SSSR count). The van der Waals surface area contributed by atoms with Gasteiger partial charge < -0.3 is 5.11 Å². The average molecular weight is 194 g/mol. The van der Waals surface area contributed by atoms with Gasteiger partial charge in [-0.25, -0.2) is 4.68 Å². The molecule has 0 aliphatic carbocycles. The molecule has 2 aromatic heterocycles. The van der Waals surface area contributed by atoms with E-state index in [-0.39, 0.29) is 12.6 Å². The summed E-state index contributed by atoms with van der Waals surface area (Å²) in [5.74, 6) is 0. The number of hydrogen-bond donors (Lipinski definition) is 1. The zero-order chi connectivity index (χ0) is 9.80. The maximum absolute atomic E-state index is 9.15. The lowest BCUT2D eigenvalue weighted by molar-refractivity contribution is 0.196. The van der Waals surface area contributed by atoms with Crippen molar-refractivity contribution in [3.05, 3.63) is 24.8 Å². The molecule has 0 radical (unpaired) electrons. The Labute approximate surface area is 80.0 Å². The summed E-state index contributed by atoms with van der Waals surface area (Å²) in [4.78, 5) is 0. The highest BCUT2D eigenvalue weighted by molar-refractivity contribution is 4.74. The summed E-state index contributed by atoms with van der Waals surface area (Å²) in [7, 11) is 0. The largest absolute Gasteiger partial charge is 0.394 e. The Kier molecular flexibility index (Phi) is 2.50. The first-order valence-electron chi connectivity index (χ1n) is 4.21. The first kappa shape index (κ1) is 8.82. The number of aliphatic hydroxyl groups excluding tert-OH is 1. The molecule has 7 nitrogen and oxygen atoms in total. The van der Waals surface area contributed by atoms with Gasteiger partial charge in [-0.3, -0.25) is 4.68 Å². The molecule has 0 fully saturated rings. The minimum atomic E-state index is -0.154. The molecule has 0 spiro atoms. The van der Waals surface area contributed by atoms with Crippen LogP contribution in [0.5, 0.6) is 0 Å². The van der Waals surface area contributed by atoms with Gasteiger partial charge in [0, 0.05) is 12.4 Å². The monoisotopic (exact) mass is 194 g/mol. The molecular weight excluding hydrogens is 184 g/mol. The lowest BCUT2D eigenvalue weighted by atomic mass is 10.3. The van der Waals surface area contributed by atoms with Gasteiger partial charge in [0.2, 0.25) is 0 Å². The van der Waals surface area contributed by atoms with E-state index in [0.29, 0.717) is 6.54 Å². The molecular formula is C7H10N6O. The van der Waals surface area contributed by atoms with Crippen molar-refractivity contribution in [3.63, 3.8) is 0 Å². The second-order valence-electron chi connectivity index (χ2n) is 2.84. The third-order valence-electron chi connectivity index (χ3n) is 1.90. The van der Waals surface area contributed by atoms with Gasteiger partial charge in [0.15, 0.2) is 0 Å². The van der Waals surface area contributed by atoms with Crippen LogP contribution in [0.1, 0.15) is 6.04 Å². The minimum absolute atomic E-state index is 0.0107. The van der Waals surface area contributed by atoms with E-state index in [1.165, 1.54) is 0 Å². The van der Waals surface area contributed by atoms with Gasteiger partial charge in [0.05, 0.1) is 31.6 Å². The number of hydrogen-bond acceptors (Lipinski definition) is 5. The molecule has 14 heavy (non-hydrogen) atoms. The van der Waals surface area contributed by atoms with E-state index in [2.05, 4.69) is 20.6 Å². The fraction of sp³-hybridized carbons (Fsp3) is 0.429. The molecule has 74 valence electrons. The van der Waals surface area contributed by atoms with Crippen LogP contribution < -0.4 is 0 Å². The number of rotatable bonds is 4. The Morgan fingerprint density at radius 1 is 1.14 bits per heavy atom. The normalized spacial score (nSPS) is 12.9. The van der Waals surface area contributed by atoms with Gasteiger partial charge in [0.25, 0.3) is 0 Å². The molecule has 0 bridgehead atoms. The third-order valence-corrected chi connectivity index (χ3v) is 1.90. The summed E-state index contributed by atoms with van der Waals surface area (Å²) >= 11 is 0. The molecule has 0 aliphatic rings. The van der Waals surface area contributed by atoms with Crippen LogP contribution in [-0.2, 0) is 6.54 Å². The quantitative estimate of drug-likeness (QED) is 0.682. The Balaban J connectivity index is 2.08. The van der Waals surface area contributed by atoms with Crippen molar-refractivity contribution in [2.24, 2.45) is 0 Å². The molecule has 7 heteroatoms. The highest BCUT2D eigenvalue weighted by Gasteiger charge is 2.11. The van der Waals surface area contributed by atoms with Crippen LogP contribution in [0.4, 0.5) is 0 Å². The lowest BCUT2D eigenvalue weighted by Gasteiger charge is -2.12. The molecule has 0 aromatic carbocycles. The summed E-state index contributed by atoms with van der Waals surface area (Å²) < 4.78 is 3.24. The summed E-state index contributed by atoms with van der Waals surface area (Å²) in [5.41, 5.74) is 0. The van der Waals surface area contributed by atoms with Gasteiger partial charge in [-0.1, -0.05) is 10.4 Å². The molecule has 0 saturated carbocycles. The number of nitrogens with zero attached hydrogens (tertiary/aromatic N) is 6. The molecule has 1 atom stereocenters. The van der Waals surface area contributed by atoms with E-state index in [1.54, 1.807) is 34.2 Å². The predicted molar refractivity (Wildman–Crippen MR) is 46.2 cm³/mol. The third kappa shape index (κ3) is 1.77. The Bertz CT molecular complexity index is 355. The smallest absolute Gasteiger partial charge is 0.0963 e. The first-order valence-corrected chi connectivity index (χ1v) is 4.21. The topological polar surface area (TPSA) is 81.6 Å². The lowest BCUT2D eigenvalue weighted by Crippen LogP contribution is -2.20. The predicted octanol–water partition coefficient (Wildman–Crippen LogP) is -0.897. The minimum Gasteiger partial charge on any atom is -0.394 e. The maximum Gasteiger partial charge on any atom is 0.0963 e. The van der Waals surface area contributed by atoms with E-state index < -0.39 is 0 Å². The molecule has 2 aromatic rings. The molecule has 0 saturated heterocycles. The fourth-order valence-corrected chi connectivity index (χ4v) is 1.18. The van der Waals surface area contributed by atoms with Crippen LogP contribution in [-0.4, -0.2) is 41.7 Å². The van der Waals surface area contributed by atoms with E-state index in [9.17, 15) is 0 Å². The standard InChI is InChI=1S/C7H10N6O/c14-6-7(13-4-2-9-11-13)5-12-3-1-8-10-12/h1-4,7,14H,5-6H2. The zero-order valence-corrected chi connectivity index (χ0v) is 7.43. The van der Waals surface area contributed by atoms with Gasteiger partial charge >= 0.3 is 0 Å². The van der Waals surface area contributed by atoms with Crippen molar-refractivity contribution in [2.75, 3.05) is 6.61 Å². The summed E-state index contributed by atoms with van der Waals surface area (Å²) in [6, 6.07) is -0.154. The number of aromatic nitrogens is 6. The summed E-state index contributed by atoms with van der Waals surface area (Å²) in [6.07, 6.45) is 6.61. The van der Waals surface area contributed by atoms with Crippen LogP contribution in [0, 0.1) is 0 Å². The van der Waals surface area contributed by atoms with Crippen molar-refractivity contribution in [1.29, 1.82) is 0 Å². The van der Waals surface area contributed by atoms with Crippen LogP contribution in [0.3, 0.4) is 0 Å².